The highest BCUT2D eigenvalue weighted by molar-refractivity contribution is 9.10. The van der Waals surface area contributed by atoms with Gasteiger partial charge in [-0.1, -0.05) is 88.7 Å². The van der Waals surface area contributed by atoms with Gasteiger partial charge in [0.15, 0.2) is 0 Å². The van der Waals surface area contributed by atoms with Crippen LogP contribution in [0.25, 0.3) is 65.3 Å². The number of rotatable bonds is 1. The lowest BCUT2D eigenvalue weighted by Gasteiger charge is -2.12. The molecule has 0 aliphatic rings. The van der Waals surface area contributed by atoms with Gasteiger partial charge in [-0.05, 0) is 61.6 Å². The predicted molar refractivity (Wildman–Crippen MR) is 133 cm³/mol. The molecule has 0 spiro atoms. The van der Waals surface area contributed by atoms with Crippen LogP contribution in [0.5, 0.6) is 0 Å². The molecule has 1 nitrogen and oxygen atoms in total. The number of nitrogens with one attached hydrogen (secondary N) is 1. The van der Waals surface area contributed by atoms with Crippen LogP contribution in [0.3, 0.4) is 0 Å². The Labute approximate surface area is 181 Å². The Morgan fingerprint density at radius 1 is 0.500 bits per heavy atom. The van der Waals surface area contributed by atoms with E-state index in [9.17, 15) is 0 Å². The maximum absolute atomic E-state index is 3.75. The van der Waals surface area contributed by atoms with E-state index in [0.717, 1.165) is 4.47 Å². The summed E-state index contributed by atoms with van der Waals surface area (Å²) >= 11 is 3.75. The van der Waals surface area contributed by atoms with E-state index in [1.807, 2.05) is 0 Å². The van der Waals surface area contributed by atoms with Gasteiger partial charge < -0.3 is 4.98 Å². The van der Waals surface area contributed by atoms with Crippen LogP contribution in [0.1, 0.15) is 0 Å². The molecule has 140 valence electrons. The average molecular weight is 446 g/mol. The van der Waals surface area contributed by atoms with Crippen molar-refractivity contribution in [3.63, 3.8) is 0 Å². The topological polar surface area (TPSA) is 15.8 Å². The lowest BCUT2D eigenvalue weighted by molar-refractivity contribution is 1.55. The molecule has 0 saturated carbocycles. The first-order valence-corrected chi connectivity index (χ1v) is 10.9. The van der Waals surface area contributed by atoms with Gasteiger partial charge in [0, 0.05) is 26.3 Å². The molecule has 7 aromatic rings. The Balaban J connectivity index is 1.64. The lowest BCUT2D eigenvalue weighted by atomic mass is 9.92. The fourth-order valence-electron chi connectivity index (χ4n) is 5.05. The monoisotopic (exact) mass is 445 g/mol. The molecule has 6 aromatic carbocycles. The van der Waals surface area contributed by atoms with Gasteiger partial charge >= 0.3 is 0 Å². The maximum Gasteiger partial charge on any atom is 0.0477 e. The molecule has 0 unspecified atom stereocenters. The third-order valence-electron chi connectivity index (χ3n) is 6.40. The third kappa shape index (κ3) is 2.12. The highest BCUT2D eigenvalue weighted by Crippen LogP contribution is 2.42. The van der Waals surface area contributed by atoms with E-state index in [1.54, 1.807) is 0 Å². The standard InChI is InChI=1S/C28H16BrN/c29-23-13-9-17-6-7-19-15-25-28(22-12-11-20(23)26(17)27(19)22)21-10-8-18(14-24(21)30-25)16-4-2-1-3-5-16/h1-15,30H. The summed E-state index contributed by atoms with van der Waals surface area (Å²) < 4.78 is 1.15. The molecular weight excluding hydrogens is 430 g/mol. The number of aromatic nitrogens is 1. The average Bonchev–Trinajstić information content (AvgIpc) is 3.16. The van der Waals surface area contributed by atoms with Gasteiger partial charge in [0.25, 0.3) is 0 Å². The quantitative estimate of drug-likeness (QED) is 0.243. The van der Waals surface area contributed by atoms with E-state index in [1.165, 1.54) is 65.3 Å². The van der Waals surface area contributed by atoms with Crippen molar-refractivity contribution in [1.82, 2.24) is 4.98 Å². The summed E-state index contributed by atoms with van der Waals surface area (Å²) in [6.07, 6.45) is 0. The second-order valence-corrected chi connectivity index (χ2v) is 8.87. The Bertz CT molecular complexity index is 1740. The molecule has 1 N–H and O–H groups in total. The Morgan fingerprint density at radius 2 is 1.23 bits per heavy atom. The summed E-state index contributed by atoms with van der Waals surface area (Å²) in [5, 5.41) is 10.4. The van der Waals surface area contributed by atoms with Crippen molar-refractivity contribution in [2.45, 2.75) is 0 Å². The highest BCUT2D eigenvalue weighted by Gasteiger charge is 2.15. The Hall–Kier alpha value is -3.36. The van der Waals surface area contributed by atoms with E-state index in [0.29, 0.717) is 0 Å². The minimum absolute atomic E-state index is 1.15. The highest BCUT2D eigenvalue weighted by atomic mass is 79.9. The van der Waals surface area contributed by atoms with Crippen molar-refractivity contribution in [2.24, 2.45) is 0 Å². The molecule has 7 rings (SSSR count). The fraction of sp³-hybridized carbons (Fsp3) is 0. The molecule has 30 heavy (non-hydrogen) atoms. The molecule has 0 aliphatic carbocycles. The summed E-state index contributed by atoms with van der Waals surface area (Å²) in [5.74, 6) is 0. The maximum atomic E-state index is 3.75. The largest absolute Gasteiger partial charge is 0.354 e. The smallest absolute Gasteiger partial charge is 0.0477 e. The zero-order valence-electron chi connectivity index (χ0n) is 16.0. The van der Waals surface area contributed by atoms with Crippen molar-refractivity contribution in [3.05, 3.63) is 95.5 Å². The molecule has 0 atom stereocenters. The van der Waals surface area contributed by atoms with Crippen LogP contribution in [-0.2, 0) is 0 Å². The summed E-state index contributed by atoms with van der Waals surface area (Å²) in [5.41, 5.74) is 4.85. The number of hydrogen-bond acceptors (Lipinski definition) is 0. The second-order valence-electron chi connectivity index (χ2n) is 8.02. The minimum atomic E-state index is 1.15. The minimum Gasteiger partial charge on any atom is -0.354 e. The molecule has 0 radical (unpaired) electrons. The predicted octanol–water partition coefficient (Wildman–Crippen LogP) is 8.65. The molecule has 0 bridgehead atoms. The van der Waals surface area contributed by atoms with Crippen LogP contribution < -0.4 is 0 Å². The summed E-state index contributed by atoms with van der Waals surface area (Å²) in [6, 6.07) is 33.0. The molecule has 1 aromatic heterocycles. The summed E-state index contributed by atoms with van der Waals surface area (Å²) in [6.45, 7) is 0. The van der Waals surface area contributed by atoms with Gasteiger partial charge in [-0.15, -0.1) is 0 Å². The van der Waals surface area contributed by atoms with Crippen molar-refractivity contribution in [2.75, 3.05) is 0 Å². The van der Waals surface area contributed by atoms with Crippen LogP contribution in [0.2, 0.25) is 0 Å². The first-order chi connectivity index (χ1) is 14.8. The van der Waals surface area contributed by atoms with E-state index < -0.39 is 0 Å². The van der Waals surface area contributed by atoms with E-state index in [-0.39, 0.29) is 0 Å². The number of halogens is 1. The van der Waals surface area contributed by atoms with Gasteiger partial charge in [0.2, 0.25) is 0 Å². The van der Waals surface area contributed by atoms with Gasteiger partial charge in [-0.3, -0.25) is 0 Å². The Morgan fingerprint density at radius 3 is 2.13 bits per heavy atom. The van der Waals surface area contributed by atoms with E-state index in [2.05, 4.69) is 112 Å². The number of H-pyrrole nitrogens is 1. The van der Waals surface area contributed by atoms with Crippen molar-refractivity contribution >= 4 is 70.1 Å². The molecule has 0 aliphatic heterocycles. The van der Waals surface area contributed by atoms with Crippen LogP contribution in [-0.4, -0.2) is 4.98 Å². The van der Waals surface area contributed by atoms with E-state index >= 15 is 0 Å². The number of fused-ring (bicyclic) bond motifs is 4. The molecule has 0 fully saturated rings. The normalized spacial score (nSPS) is 12.2. The van der Waals surface area contributed by atoms with Crippen molar-refractivity contribution < 1.29 is 0 Å². The number of aromatic amines is 1. The fourth-order valence-corrected chi connectivity index (χ4v) is 5.51. The first-order valence-electron chi connectivity index (χ1n) is 10.1. The van der Waals surface area contributed by atoms with Crippen molar-refractivity contribution in [3.8, 4) is 11.1 Å². The van der Waals surface area contributed by atoms with Crippen molar-refractivity contribution in [1.29, 1.82) is 0 Å². The summed E-state index contributed by atoms with van der Waals surface area (Å²) in [7, 11) is 0. The lowest BCUT2D eigenvalue weighted by Crippen LogP contribution is -1.85. The van der Waals surface area contributed by atoms with Gasteiger partial charge in [-0.2, -0.15) is 0 Å². The zero-order chi connectivity index (χ0) is 19.8. The number of benzene rings is 6. The molecule has 1 heterocycles. The van der Waals surface area contributed by atoms with Crippen LogP contribution in [0.15, 0.2) is 95.5 Å². The molecule has 0 amide bonds. The summed E-state index contributed by atoms with van der Waals surface area (Å²) in [4.78, 5) is 3.69. The van der Waals surface area contributed by atoms with E-state index in [4.69, 9.17) is 0 Å². The first kappa shape index (κ1) is 16.4. The molecule has 2 heteroatoms. The van der Waals surface area contributed by atoms with Crippen LogP contribution >= 0.6 is 15.9 Å². The molecule has 0 saturated heterocycles. The van der Waals surface area contributed by atoms with Crippen LogP contribution in [0, 0.1) is 0 Å². The van der Waals surface area contributed by atoms with Gasteiger partial charge in [-0.25, -0.2) is 0 Å². The van der Waals surface area contributed by atoms with Gasteiger partial charge in [0.05, 0.1) is 0 Å². The number of hydrogen-bond donors (Lipinski definition) is 1. The third-order valence-corrected chi connectivity index (χ3v) is 7.09. The SMILES string of the molecule is Brc1ccc2ccc3cc4[nH]c5cc(-c6ccccc6)ccc5c4c4ccc1c2c34. The van der Waals surface area contributed by atoms with Crippen LogP contribution in [0.4, 0.5) is 0 Å². The second kappa shape index (κ2) is 5.84. The zero-order valence-corrected chi connectivity index (χ0v) is 17.6. The molecular formula is C28H16BrN. The van der Waals surface area contributed by atoms with Gasteiger partial charge in [0.1, 0.15) is 0 Å². The Kier molecular flexibility index (Phi) is 3.20.